The SMILES string of the molecule is CC(C)(C)OC(=O)N1CCCC(NC(=O)OCC2c3ccccc3-c3ccccc32)(C(=O)[O-])C1. The Labute approximate surface area is 198 Å². The zero-order valence-electron chi connectivity index (χ0n) is 19.6. The van der Waals surface area contributed by atoms with Crippen LogP contribution in [0.2, 0.25) is 0 Å². The van der Waals surface area contributed by atoms with Crippen LogP contribution >= 0.6 is 0 Å². The monoisotopic (exact) mass is 465 g/mol. The number of benzene rings is 2. The minimum Gasteiger partial charge on any atom is -0.548 e. The minimum absolute atomic E-state index is 0.0543. The van der Waals surface area contributed by atoms with Gasteiger partial charge in [-0.25, -0.2) is 9.59 Å². The number of nitrogens with one attached hydrogen (secondary N) is 1. The van der Waals surface area contributed by atoms with Gasteiger partial charge in [-0.15, -0.1) is 0 Å². The molecule has 2 aromatic carbocycles. The summed E-state index contributed by atoms with van der Waals surface area (Å²) in [7, 11) is 0. The van der Waals surface area contributed by atoms with Gasteiger partial charge >= 0.3 is 12.2 Å². The molecule has 180 valence electrons. The Morgan fingerprint density at radius 3 is 2.21 bits per heavy atom. The maximum absolute atomic E-state index is 12.7. The average molecular weight is 466 g/mol. The number of hydrogen-bond donors (Lipinski definition) is 1. The maximum Gasteiger partial charge on any atom is 0.410 e. The minimum atomic E-state index is -1.75. The van der Waals surface area contributed by atoms with E-state index in [9.17, 15) is 19.5 Å². The molecule has 1 atom stereocenters. The highest BCUT2D eigenvalue weighted by Crippen LogP contribution is 2.44. The average Bonchev–Trinajstić information content (AvgIpc) is 3.10. The van der Waals surface area contributed by atoms with Gasteiger partial charge in [0.1, 0.15) is 17.7 Å². The van der Waals surface area contributed by atoms with Gasteiger partial charge < -0.3 is 29.6 Å². The summed E-state index contributed by atoms with van der Waals surface area (Å²) in [4.78, 5) is 38.6. The standard InChI is InChI=1S/C26H30N2O6/c1-25(2,3)34-24(32)28-14-8-13-26(16-28,22(29)30)27-23(31)33-15-21-19-11-6-4-9-17(19)18-10-5-7-12-20(18)21/h4-7,9-12,21H,8,13-16H2,1-3H3,(H,27,31)(H,29,30)/p-1. The smallest absolute Gasteiger partial charge is 0.410 e. The number of fused-ring (bicyclic) bond motifs is 3. The van der Waals surface area contributed by atoms with Crippen molar-refractivity contribution in [3.8, 4) is 11.1 Å². The lowest BCUT2D eigenvalue weighted by Gasteiger charge is -2.43. The third-order valence-corrected chi connectivity index (χ3v) is 6.22. The number of carboxylic acid groups (broad SMARTS) is 1. The molecule has 1 fully saturated rings. The number of carbonyl (C=O) groups excluding carboxylic acids is 3. The molecule has 1 unspecified atom stereocenters. The van der Waals surface area contributed by atoms with Crippen molar-refractivity contribution in [2.75, 3.05) is 19.7 Å². The fourth-order valence-electron chi connectivity index (χ4n) is 4.69. The topological polar surface area (TPSA) is 108 Å². The number of hydrogen-bond acceptors (Lipinski definition) is 6. The van der Waals surface area contributed by atoms with Crippen molar-refractivity contribution in [3.05, 3.63) is 59.7 Å². The zero-order valence-corrected chi connectivity index (χ0v) is 19.6. The van der Waals surface area contributed by atoms with Gasteiger partial charge in [-0.05, 0) is 55.9 Å². The first-order valence-corrected chi connectivity index (χ1v) is 11.4. The van der Waals surface area contributed by atoms with E-state index in [1.54, 1.807) is 20.8 Å². The molecule has 0 saturated carbocycles. The van der Waals surface area contributed by atoms with Crippen LogP contribution in [-0.4, -0.2) is 53.9 Å². The predicted octanol–water partition coefficient (Wildman–Crippen LogP) is 3.04. The molecule has 1 saturated heterocycles. The van der Waals surface area contributed by atoms with E-state index >= 15 is 0 Å². The van der Waals surface area contributed by atoms with Crippen LogP contribution in [0.4, 0.5) is 9.59 Å². The van der Waals surface area contributed by atoms with Crippen molar-refractivity contribution < 1.29 is 29.0 Å². The Balaban J connectivity index is 1.45. The number of carboxylic acids is 1. The Hall–Kier alpha value is -3.55. The molecule has 0 bridgehead atoms. The third kappa shape index (κ3) is 4.71. The van der Waals surface area contributed by atoms with E-state index in [1.807, 2.05) is 48.5 Å². The van der Waals surface area contributed by atoms with Crippen molar-refractivity contribution in [2.45, 2.75) is 50.7 Å². The molecule has 1 aliphatic heterocycles. The molecule has 8 heteroatoms. The lowest BCUT2D eigenvalue weighted by molar-refractivity contribution is -0.315. The normalized spacial score (nSPS) is 19.7. The van der Waals surface area contributed by atoms with Gasteiger partial charge in [-0.1, -0.05) is 48.5 Å². The first-order valence-electron chi connectivity index (χ1n) is 11.4. The molecule has 2 amide bonds. The highest BCUT2D eigenvalue weighted by atomic mass is 16.6. The Bertz CT molecular complexity index is 1060. The van der Waals surface area contributed by atoms with E-state index in [0.717, 1.165) is 22.3 Å². The van der Waals surface area contributed by atoms with Gasteiger partial charge in [0, 0.05) is 12.5 Å². The molecule has 2 aliphatic rings. The van der Waals surface area contributed by atoms with E-state index < -0.39 is 29.3 Å². The van der Waals surface area contributed by atoms with Crippen LogP contribution in [0.15, 0.2) is 48.5 Å². The Morgan fingerprint density at radius 2 is 1.65 bits per heavy atom. The maximum atomic E-state index is 12.7. The van der Waals surface area contributed by atoms with Gasteiger partial charge in [0.15, 0.2) is 0 Å². The van der Waals surface area contributed by atoms with E-state index in [0.29, 0.717) is 13.0 Å². The molecule has 8 nitrogen and oxygen atoms in total. The Kier molecular flexibility index (Phi) is 6.25. The number of aliphatic carboxylic acids is 1. The molecular weight excluding hydrogens is 436 g/mol. The second-order valence-electron chi connectivity index (χ2n) is 9.83. The van der Waals surface area contributed by atoms with Gasteiger partial charge in [0.2, 0.25) is 0 Å². The molecule has 0 spiro atoms. The summed E-state index contributed by atoms with van der Waals surface area (Å²) in [5.41, 5.74) is 1.83. The van der Waals surface area contributed by atoms with Crippen LogP contribution < -0.4 is 10.4 Å². The van der Waals surface area contributed by atoms with Crippen molar-refractivity contribution >= 4 is 18.2 Å². The van der Waals surface area contributed by atoms with Crippen LogP contribution in [-0.2, 0) is 14.3 Å². The number of rotatable bonds is 4. The molecule has 0 radical (unpaired) electrons. The van der Waals surface area contributed by atoms with Crippen molar-refractivity contribution in [2.24, 2.45) is 0 Å². The summed E-state index contributed by atoms with van der Waals surface area (Å²) in [5.74, 6) is -1.61. The highest BCUT2D eigenvalue weighted by Gasteiger charge is 2.42. The van der Waals surface area contributed by atoms with Crippen LogP contribution in [0.25, 0.3) is 11.1 Å². The second kappa shape index (κ2) is 9.00. The van der Waals surface area contributed by atoms with Crippen molar-refractivity contribution in [1.29, 1.82) is 0 Å². The van der Waals surface area contributed by atoms with Crippen LogP contribution in [0, 0.1) is 0 Å². The summed E-state index contributed by atoms with van der Waals surface area (Å²) in [5, 5.41) is 14.6. The van der Waals surface area contributed by atoms with E-state index in [1.165, 1.54) is 4.90 Å². The summed E-state index contributed by atoms with van der Waals surface area (Å²) in [6, 6.07) is 15.9. The lowest BCUT2D eigenvalue weighted by Crippen LogP contribution is -2.68. The van der Waals surface area contributed by atoms with E-state index in [-0.39, 0.29) is 25.5 Å². The molecule has 0 aromatic heterocycles. The van der Waals surface area contributed by atoms with Gasteiger partial charge in [0.05, 0.1) is 12.5 Å². The lowest BCUT2D eigenvalue weighted by atomic mass is 9.89. The predicted molar refractivity (Wildman–Crippen MR) is 123 cm³/mol. The largest absolute Gasteiger partial charge is 0.548 e. The first-order chi connectivity index (χ1) is 16.1. The molecule has 1 N–H and O–H groups in total. The van der Waals surface area contributed by atoms with Crippen molar-refractivity contribution in [3.63, 3.8) is 0 Å². The van der Waals surface area contributed by atoms with E-state index in [4.69, 9.17) is 9.47 Å². The number of carbonyl (C=O) groups is 3. The molecule has 34 heavy (non-hydrogen) atoms. The summed E-state index contributed by atoms with van der Waals surface area (Å²) in [6.45, 7) is 5.32. The number of alkyl carbamates (subject to hydrolysis) is 1. The molecule has 4 rings (SSSR count). The van der Waals surface area contributed by atoms with Crippen LogP contribution in [0.5, 0.6) is 0 Å². The van der Waals surface area contributed by atoms with Gasteiger partial charge in [0.25, 0.3) is 0 Å². The van der Waals surface area contributed by atoms with Gasteiger partial charge in [-0.2, -0.15) is 0 Å². The van der Waals surface area contributed by atoms with Crippen LogP contribution in [0.1, 0.15) is 50.7 Å². The number of ether oxygens (including phenoxy) is 2. The first kappa shape index (κ1) is 23.6. The van der Waals surface area contributed by atoms with Gasteiger partial charge in [-0.3, -0.25) is 0 Å². The number of amides is 2. The molecule has 2 aromatic rings. The molecular formula is C26H29N2O6-. The number of likely N-dealkylation sites (tertiary alicyclic amines) is 1. The fraction of sp³-hybridized carbons (Fsp3) is 0.423. The fourth-order valence-corrected chi connectivity index (χ4v) is 4.69. The van der Waals surface area contributed by atoms with E-state index in [2.05, 4.69) is 5.32 Å². The zero-order chi connectivity index (χ0) is 24.5. The second-order valence-corrected chi connectivity index (χ2v) is 9.83. The number of nitrogens with zero attached hydrogens (tertiary/aromatic N) is 1. The molecule has 1 heterocycles. The third-order valence-electron chi connectivity index (χ3n) is 6.22. The van der Waals surface area contributed by atoms with Crippen molar-refractivity contribution in [1.82, 2.24) is 10.2 Å². The summed E-state index contributed by atoms with van der Waals surface area (Å²) < 4.78 is 10.9. The summed E-state index contributed by atoms with van der Waals surface area (Å²) >= 11 is 0. The summed E-state index contributed by atoms with van der Waals surface area (Å²) in [6.07, 6.45) is -1.00. The Morgan fingerprint density at radius 1 is 1.06 bits per heavy atom. The quantitative estimate of drug-likeness (QED) is 0.744. The number of piperidine rings is 1. The highest BCUT2D eigenvalue weighted by molar-refractivity contribution is 5.85. The molecule has 1 aliphatic carbocycles. The van der Waals surface area contributed by atoms with Crippen LogP contribution in [0.3, 0.4) is 0 Å².